The van der Waals surface area contributed by atoms with Gasteiger partial charge in [0.05, 0.1) is 0 Å². The molecule has 0 heteroatoms. The standard InChI is InChI=1S/C13H16/c1-3-4-9-6-10-5-8(2)11-7-12(9)13(10)11/h3-4,6,8-9,11H,5,7H2,1-2H3/b4-3-/t8?,9-,11?/m0/s1. The number of allylic oxidation sites excluding steroid dienone is 6. The van der Waals surface area contributed by atoms with Crippen LogP contribution >= 0.6 is 0 Å². The minimum absolute atomic E-state index is 0.679. The van der Waals surface area contributed by atoms with E-state index in [1.165, 1.54) is 12.8 Å². The molecule has 0 spiro atoms. The maximum absolute atomic E-state index is 2.49. The van der Waals surface area contributed by atoms with Gasteiger partial charge in [0.1, 0.15) is 0 Å². The molecule has 0 aromatic carbocycles. The van der Waals surface area contributed by atoms with Crippen LogP contribution < -0.4 is 0 Å². The first-order valence-corrected chi connectivity index (χ1v) is 5.38. The van der Waals surface area contributed by atoms with Crippen LogP contribution in [0.15, 0.2) is 34.9 Å². The highest BCUT2D eigenvalue weighted by Gasteiger charge is 2.45. The summed E-state index contributed by atoms with van der Waals surface area (Å²) in [6.45, 7) is 4.52. The zero-order valence-corrected chi connectivity index (χ0v) is 8.38. The molecule has 1 fully saturated rings. The van der Waals surface area contributed by atoms with E-state index in [2.05, 4.69) is 32.1 Å². The minimum Gasteiger partial charge on any atom is -0.0908 e. The lowest BCUT2D eigenvalue weighted by molar-refractivity contribution is 0.409. The Labute approximate surface area is 80.0 Å². The van der Waals surface area contributed by atoms with Crippen LogP contribution in [0.5, 0.6) is 0 Å². The van der Waals surface area contributed by atoms with E-state index in [-0.39, 0.29) is 0 Å². The molecular weight excluding hydrogens is 156 g/mol. The van der Waals surface area contributed by atoms with E-state index < -0.39 is 0 Å². The van der Waals surface area contributed by atoms with E-state index in [9.17, 15) is 0 Å². The quantitative estimate of drug-likeness (QED) is 0.531. The van der Waals surface area contributed by atoms with Crippen LogP contribution in [0.25, 0.3) is 0 Å². The third-order valence-corrected chi connectivity index (χ3v) is 3.91. The fourth-order valence-electron chi connectivity index (χ4n) is 3.25. The fourth-order valence-corrected chi connectivity index (χ4v) is 3.25. The highest BCUT2D eigenvalue weighted by Crippen LogP contribution is 2.58. The Bertz CT molecular complexity index is 341. The molecule has 0 aliphatic heterocycles. The molecule has 3 atom stereocenters. The van der Waals surface area contributed by atoms with E-state index in [4.69, 9.17) is 0 Å². The molecule has 1 saturated carbocycles. The van der Waals surface area contributed by atoms with Crippen LogP contribution in [-0.2, 0) is 0 Å². The molecule has 3 aliphatic carbocycles. The summed E-state index contributed by atoms with van der Waals surface area (Å²) in [5.74, 6) is 2.55. The van der Waals surface area contributed by atoms with Crippen molar-refractivity contribution < 1.29 is 0 Å². The molecule has 0 aromatic heterocycles. The highest BCUT2D eigenvalue weighted by atomic mass is 14.5. The van der Waals surface area contributed by atoms with Crippen molar-refractivity contribution in [3.05, 3.63) is 34.9 Å². The smallest absolute Gasteiger partial charge is 0.0169 e. The molecule has 3 rings (SSSR count). The molecule has 68 valence electrons. The average molecular weight is 172 g/mol. The second-order valence-corrected chi connectivity index (χ2v) is 4.67. The summed E-state index contributed by atoms with van der Waals surface area (Å²) in [5, 5.41) is 0. The van der Waals surface area contributed by atoms with Crippen molar-refractivity contribution in [2.24, 2.45) is 17.8 Å². The summed E-state index contributed by atoms with van der Waals surface area (Å²) < 4.78 is 0. The Morgan fingerprint density at radius 3 is 2.92 bits per heavy atom. The van der Waals surface area contributed by atoms with Crippen molar-refractivity contribution >= 4 is 0 Å². The molecule has 0 aromatic rings. The van der Waals surface area contributed by atoms with Gasteiger partial charge in [-0.2, -0.15) is 0 Å². The van der Waals surface area contributed by atoms with Gasteiger partial charge >= 0.3 is 0 Å². The van der Waals surface area contributed by atoms with Crippen LogP contribution in [0.2, 0.25) is 0 Å². The maximum atomic E-state index is 2.49. The lowest BCUT2D eigenvalue weighted by atomic mass is 9.74. The topological polar surface area (TPSA) is 0 Å². The van der Waals surface area contributed by atoms with Crippen LogP contribution in [0.4, 0.5) is 0 Å². The zero-order chi connectivity index (χ0) is 9.00. The first kappa shape index (κ1) is 7.61. The Morgan fingerprint density at radius 1 is 1.38 bits per heavy atom. The van der Waals surface area contributed by atoms with E-state index in [1.807, 2.05) is 0 Å². The van der Waals surface area contributed by atoms with Gasteiger partial charge in [-0.15, -0.1) is 0 Å². The van der Waals surface area contributed by atoms with Crippen LogP contribution in [-0.4, -0.2) is 0 Å². The van der Waals surface area contributed by atoms with Gasteiger partial charge in [-0.05, 0) is 42.7 Å². The van der Waals surface area contributed by atoms with Crippen LogP contribution in [0.1, 0.15) is 26.7 Å². The van der Waals surface area contributed by atoms with Crippen molar-refractivity contribution in [2.45, 2.75) is 26.7 Å². The first-order valence-electron chi connectivity index (χ1n) is 5.38. The van der Waals surface area contributed by atoms with Crippen molar-refractivity contribution in [1.29, 1.82) is 0 Å². The molecule has 0 bridgehead atoms. The van der Waals surface area contributed by atoms with Gasteiger partial charge in [-0.3, -0.25) is 0 Å². The summed E-state index contributed by atoms with van der Waals surface area (Å²) in [6.07, 6.45) is 9.75. The van der Waals surface area contributed by atoms with Gasteiger partial charge in [0.25, 0.3) is 0 Å². The largest absolute Gasteiger partial charge is 0.0908 e. The second kappa shape index (κ2) is 2.37. The molecule has 3 aliphatic rings. The lowest BCUT2D eigenvalue weighted by Crippen LogP contribution is -2.19. The summed E-state index contributed by atoms with van der Waals surface area (Å²) in [5.41, 5.74) is 5.18. The Balaban J connectivity index is 1.99. The van der Waals surface area contributed by atoms with Crippen molar-refractivity contribution in [1.82, 2.24) is 0 Å². The molecule has 0 nitrogen and oxygen atoms in total. The molecule has 0 radical (unpaired) electrons. The zero-order valence-electron chi connectivity index (χ0n) is 8.38. The Kier molecular flexibility index (Phi) is 1.39. The predicted molar refractivity (Wildman–Crippen MR) is 55.3 cm³/mol. The maximum Gasteiger partial charge on any atom is 0.0169 e. The molecule has 0 N–H and O–H groups in total. The van der Waals surface area contributed by atoms with E-state index in [0.29, 0.717) is 5.92 Å². The number of rotatable bonds is 1. The third kappa shape index (κ3) is 0.815. The molecule has 0 saturated heterocycles. The summed E-state index contributed by atoms with van der Waals surface area (Å²) >= 11 is 0. The van der Waals surface area contributed by atoms with Crippen molar-refractivity contribution in [3.8, 4) is 0 Å². The van der Waals surface area contributed by atoms with Gasteiger partial charge in [0.15, 0.2) is 0 Å². The average Bonchev–Trinajstić information content (AvgIpc) is 2.33. The molecule has 0 amide bonds. The summed E-state index contributed by atoms with van der Waals surface area (Å²) in [6, 6.07) is 0. The summed E-state index contributed by atoms with van der Waals surface area (Å²) in [7, 11) is 0. The minimum atomic E-state index is 0.679. The Morgan fingerprint density at radius 2 is 2.23 bits per heavy atom. The van der Waals surface area contributed by atoms with E-state index >= 15 is 0 Å². The molecular formula is C13H16. The fraction of sp³-hybridized carbons (Fsp3) is 0.538. The second-order valence-electron chi connectivity index (χ2n) is 4.67. The first-order chi connectivity index (χ1) is 6.31. The number of hydrogen-bond acceptors (Lipinski definition) is 0. The Hall–Kier alpha value is -0.780. The van der Waals surface area contributed by atoms with Crippen LogP contribution in [0, 0.1) is 17.8 Å². The highest BCUT2D eigenvalue weighted by molar-refractivity contribution is 5.57. The lowest BCUT2D eigenvalue weighted by Gasteiger charge is -2.30. The van der Waals surface area contributed by atoms with Gasteiger partial charge in [0.2, 0.25) is 0 Å². The molecule has 0 heterocycles. The van der Waals surface area contributed by atoms with Gasteiger partial charge in [-0.25, -0.2) is 0 Å². The molecule has 13 heavy (non-hydrogen) atoms. The normalized spacial score (nSPS) is 41.1. The molecule has 2 unspecified atom stereocenters. The van der Waals surface area contributed by atoms with E-state index in [1.54, 1.807) is 16.7 Å². The summed E-state index contributed by atoms with van der Waals surface area (Å²) in [4.78, 5) is 0. The van der Waals surface area contributed by atoms with Crippen molar-refractivity contribution in [3.63, 3.8) is 0 Å². The van der Waals surface area contributed by atoms with Crippen LogP contribution in [0.3, 0.4) is 0 Å². The predicted octanol–water partition coefficient (Wildman–Crippen LogP) is 3.48. The van der Waals surface area contributed by atoms with Gasteiger partial charge < -0.3 is 0 Å². The SMILES string of the molecule is C/C=C\[C@H]1C=C2CC(C)C3CC1=C23. The van der Waals surface area contributed by atoms with Gasteiger partial charge in [-0.1, -0.05) is 30.7 Å². The third-order valence-electron chi connectivity index (χ3n) is 3.91. The monoisotopic (exact) mass is 172 g/mol. The van der Waals surface area contributed by atoms with Gasteiger partial charge in [0, 0.05) is 5.92 Å². The van der Waals surface area contributed by atoms with E-state index in [0.717, 1.165) is 11.8 Å². The van der Waals surface area contributed by atoms with Crippen molar-refractivity contribution in [2.75, 3.05) is 0 Å². The number of hydrogen-bond donors (Lipinski definition) is 0.